The molecule has 0 spiro atoms. The number of unbranched alkanes of at least 4 members (excludes halogenated alkanes) is 2. The van der Waals surface area contributed by atoms with Crippen molar-refractivity contribution in [3.63, 3.8) is 0 Å². The number of halogens is 2. The Bertz CT molecular complexity index is 716. The number of carbonyl (C=O) groups excluding carboxylic acids is 1. The van der Waals surface area contributed by atoms with E-state index in [1.54, 1.807) is 13.2 Å². The van der Waals surface area contributed by atoms with Gasteiger partial charge in [0.15, 0.2) is 11.5 Å². The number of methoxy groups -OCH3 is 1. The quantitative estimate of drug-likeness (QED) is 0.338. The van der Waals surface area contributed by atoms with Crippen LogP contribution in [0.2, 0.25) is 5.02 Å². The van der Waals surface area contributed by atoms with E-state index >= 15 is 0 Å². The van der Waals surface area contributed by atoms with Gasteiger partial charge in [-0.15, -0.1) is 0 Å². The molecule has 182 valence electrons. The third-order valence-corrected chi connectivity index (χ3v) is 6.83. The van der Waals surface area contributed by atoms with E-state index in [2.05, 4.69) is 28.2 Å². The van der Waals surface area contributed by atoms with E-state index in [0.717, 1.165) is 38.5 Å². The Morgan fingerprint density at radius 2 is 2.00 bits per heavy atom. The summed E-state index contributed by atoms with van der Waals surface area (Å²) in [6, 6.07) is 1.61. The van der Waals surface area contributed by atoms with Crippen molar-refractivity contribution in [2.75, 3.05) is 46.7 Å². The molecule has 0 radical (unpaired) electrons. The van der Waals surface area contributed by atoms with E-state index in [1.807, 2.05) is 0 Å². The SMILES string of the molecule is CCC(OC)[C@@H](CCCCCOCCO)CNC(=O)c1cc(Cl)c(Br)c2c1OCCCO2. The summed E-state index contributed by atoms with van der Waals surface area (Å²) in [5.41, 5.74) is 0.375. The topological polar surface area (TPSA) is 86.2 Å². The number of ether oxygens (including phenoxy) is 4. The third kappa shape index (κ3) is 8.06. The molecule has 2 N–H and O–H groups in total. The lowest BCUT2D eigenvalue weighted by molar-refractivity contribution is 0.0431. The van der Waals surface area contributed by atoms with Gasteiger partial charge in [0.25, 0.3) is 5.91 Å². The van der Waals surface area contributed by atoms with Gasteiger partial charge in [0, 0.05) is 32.6 Å². The Balaban J connectivity index is 1.99. The molecule has 0 aromatic heterocycles. The van der Waals surface area contributed by atoms with E-state index < -0.39 is 0 Å². The second-order valence-corrected chi connectivity index (χ2v) is 8.97. The number of hydrogen-bond acceptors (Lipinski definition) is 6. The Hall–Kier alpha value is -1.06. The highest BCUT2D eigenvalue weighted by Crippen LogP contribution is 2.44. The zero-order chi connectivity index (χ0) is 23.3. The first kappa shape index (κ1) is 27.2. The molecule has 32 heavy (non-hydrogen) atoms. The van der Waals surface area contributed by atoms with Crippen molar-refractivity contribution < 1.29 is 28.8 Å². The predicted octanol–water partition coefficient (Wildman–Crippen LogP) is 4.60. The summed E-state index contributed by atoms with van der Waals surface area (Å²) in [6.07, 6.45) is 5.59. The minimum absolute atomic E-state index is 0.0533. The fraction of sp³-hybridized carbons (Fsp3) is 0.696. The Morgan fingerprint density at radius 1 is 1.25 bits per heavy atom. The second kappa shape index (κ2) is 15.0. The molecule has 1 amide bonds. The van der Waals surface area contributed by atoms with Crippen molar-refractivity contribution in [1.82, 2.24) is 5.32 Å². The molecule has 1 heterocycles. The molecule has 0 aliphatic carbocycles. The number of benzene rings is 1. The van der Waals surface area contributed by atoms with Gasteiger partial charge < -0.3 is 29.4 Å². The zero-order valence-electron chi connectivity index (χ0n) is 19.0. The standard InChI is InChI=1S/C23H35BrClNO6/c1-3-19(29-2)16(8-5-4-6-10-30-13-9-27)15-26-23(28)17-14-18(25)20(24)22-21(17)31-11-7-12-32-22/h14,16,19,27H,3-13,15H2,1-2H3,(H,26,28)/t16-,19?/m0/s1. The van der Waals surface area contributed by atoms with E-state index in [0.29, 0.717) is 59.5 Å². The number of nitrogens with one attached hydrogen (secondary N) is 1. The van der Waals surface area contributed by atoms with Crippen LogP contribution in [0.25, 0.3) is 0 Å². The lowest BCUT2D eigenvalue weighted by Gasteiger charge is -2.26. The third-order valence-electron chi connectivity index (χ3n) is 5.51. The molecule has 0 bridgehead atoms. The molecule has 1 unspecified atom stereocenters. The number of aliphatic hydroxyl groups excluding tert-OH is 1. The minimum Gasteiger partial charge on any atom is -0.489 e. The molecule has 0 saturated heterocycles. The molecule has 1 aromatic carbocycles. The normalized spacial score (nSPS) is 15.2. The predicted molar refractivity (Wildman–Crippen MR) is 128 cm³/mol. The van der Waals surface area contributed by atoms with Gasteiger partial charge in [-0.25, -0.2) is 0 Å². The number of fused-ring (bicyclic) bond motifs is 1. The van der Waals surface area contributed by atoms with Gasteiger partial charge in [0.05, 0.1) is 47.6 Å². The Labute approximate surface area is 204 Å². The van der Waals surface area contributed by atoms with Crippen LogP contribution < -0.4 is 14.8 Å². The molecular weight excluding hydrogens is 502 g/mol. The first-order chi connectivity index (χ1) is 15.5. The molecule has 1 aliphatic rings. The van der Waals surface area contributed by atoms with Gasteiger partial charge in [-0.1, -0.05) is 31.4 Å². The molecule has 0 saturated carbocycles. The van der Waals surface area contributed by atoms with E-state index in [4.69, 9.17) is 35.7 Å². The van der Waals surface area contributed by atoms with Crippen LogP contribution in [0.1, 0.15) is 55.8 Å². The van der Waals surface area contributed by atoms with Crippen LogP contribution in [-0.2, 0) is 9.47 Å². The summed E-state index contributed by atoms with van der Waals surface area (Å²) >= 11 is 9.76. The van der Waals surface area contributed by atoms with Crippen LogP contribution in [0.5, 0.6) is 11.5 Å². The average Bonchev–Trinajstić information content (AvgIpc) is 3.05. The molecule has 7 nitrogen and oxygen atoms in total. The second-order valence-electron chi connectivity index (χ2n) is 7.77. The van der Waals surface area contributed by atoms with Crippen molar-refractivity contribution >= 4 is 33.4 Å². The van der Waals surface area contributed by atoms with Crippen LogP contribution in [0.4, 0.5) is 0 Å². The summed E-state index contributed by atoms with van der Waals surface area (Å²) in [7, 11) is 1.71. The van der Waals surface area contributed by atoms with Crippen molar-refractivity contribution in [3.8, 4) is 11.5 Å². The highest BCUT2D eigenvalue weighted by atomic mass is 79.9. The monoisotopic (exact) mass is 535 g/mol. The average molecular weight is 537 g/mol. The highest BCUT2D eigenvalue weighted by Gasteiger charge is 2.26. The van der Waals surface area contributed by atoms with E-state index in [9.17, 15) is 4.79 Å². The molecule has 1 aliphatic heterocycles. The number of aliphatic hydroxyl groups is 1. The van der Waals surface area contributed by atoms with E-state index in [-0.39, 0.29) is 24.5 Å². The van der Waals surface area contributed by atoms with Crippen LogP contribution in [0, 0.1) is 5.92 Å². The van der Waals surface area contributed by atoms with Gasteiger partial charge in [-0.2, -0.15) is 0 Å². The smallest absolute Gasteiger partial charge is 0.255 e. The summed E-state index contributed by atoms with van der Waals surface area (Å²) in [5, 5.41) is 12.2. The van der Waals surface area contributed by atoms with Gasteiger partial charge in [-0.05, 0) is 41.3 Å². The van der Waals surface area contributed by atoms with Crippen molar-refractivity contribution in [1.29, 1.82) is 0 Å². The van der Waals surface area contributed by atoms with Crippen molar-refractivity contribution in [3.05, 3.63) is 21.1 Å². The minimum atomic E-state index is -0.241. The van der Waals surface area contributed by atoms with Gasteiger partial charge in [-0.3, -0.25) is 4.79 Å². The van der Waals surface area contributed by atoms with Crippen molar-refractivity contribution in [2.45, 2.75) is 51.6 Å². The van der Waals surface area contributed by atoms with Crippen LogP contribution in [0.3, 0.4) is 0 Å². The molecule has 9 heteroatoms. The van der Waals surface area contributed by atoms with Gasteiger partial charge in [0.1, 0.15) is 0 Å². The number of amides is 1. The summed E-state index contributed by atoms with van der Waals surface area (Å²) in [5.74, 6) is 0.849. The Kier molecular flexibility index (Phi) is 12.7. The number of rotatable bonds is 14. The lowest BCUT2D eigenvalue weighted by atomic mass is 9.93. The first-order valence-electron chi connectivity index (χ1n) is 11.3. The highest BCUT2D eigenvalue weighted by molar-refractivity contribution is 9.10. The molecule has 0 fully saturated rings. The largest absolute Gasteiger partial charge is 0.489 e. The zero-order valence-corrected chi connectivity index (χ0v) is 21.3. The maximum absolute atomic E-state index is 13.1. The summed E-state index contributed by atoms with van der Waals surface area (Å²) in [6.45, 7) is 4.66. The van der Waals surface area contributed by atoms with Crippen LogP contribution >= 0.6 is 27.5 Å². The summed E-state index contributed by atoms with van der Waals surface area (Å²) < 4.78 is 23.2. The molecular formula is C23H35BrClNO6. The first-order valence-corrected chi connectivity index (χ1v) is 12.5. The maximum atomic E-state index is 13.1. The van der Waals surface area contributed by atoms with Crippen LogP contribution in [-0.4, -0.2) is 63.8 Å². The molecule has 1 aromatic rings. The fourth-order valence-electron chi connectivity index (χ4n) is 3.82. The van der Waals surface area contributed by atoms with Crippen molar-refractivity contribution in [2.24, 2.45) is 5.92 Å². The number of hydrogen-bond donors (Lipinski definition) is 2. The van der Waals surface area contributed by atoms with E-state index in [1.165, 1.54) is 0 Å². The molecule has 2 atom stereocenters. The van der Waals surface area contributed by atoms with Gasteiger partial charge >= 0.3 is 0 Å². The van der Waals surface area contributed by atoms with Crippen LogP contribution in [0.15, 0.2) is 10.5 Å². The summed E-state index contributed by atoms with van der Waals surface area (Å²) in [4.78, 5) is 13.1. The molecule has 2 rings (SSSR count). The number of carbonyl (C=O) groups is 1. The maximum Gasteiger partial charge on any atom is 0.255 e. The van der Waals surface area contributed by atoms with Gasteiger partial charge in [0.2, 0.25) is 0 Å². The Morgan fingerprint density at radius 3 is 2.69 bits per heavy atom. The fourth-order valence-corrected chi connectivity index (χ4v) is 4.42. The lowest BCUT2D eigenvalue weighted by Crippen LogP contribution is -2.36.